The Bertz CT molecular complexity index is 147. The maximum Gasteiger partial charge on any atom is 0.0594 e. The van der Waals surface area contributed by atoms with Gasteiger partial charge in [0, 0.05) is 7.26 Å². The minimum Gasteiger partial charge on any atom is -1.00 e. The smallest absolute Gasteiger partial charge is 0.0594 e. The molecule has 0 saturated heterocycles. The highest BCUT2D eigenvalue weighted by Gasteiger charge is 2.29. The van der Waals surface area contributed by atoms with Crippen LogP contribution in [0.15, 0.2) is 0 Å². The van der Waals surface area contributed by atoms with Gasteiger partial charge >= 0.3 is 0 Å². The van der Waals surface area contributed by atoms with Crippen molar-refractivity contribution in [1.29, 1.82) is 0 Å². The largest absolute Gasteiger partial charge is 1.00 e. The van der Waals surface area contributed by atoms with E-state index in [4.69, 9.17) is 0 Å². The predicted octanol–water partition coefficient (Wildman–Crippen LogP) is 3.21. The number of rotatable bonds is 12. The summed E-state index contributed by atoms with van der Waals surface area (Å²) >= 11 is 0. The average molecular weight is 339 g/mol. The van der Waals surface area contributed by atoms with Crippen LogP contribution in [0.2, 0.25) is 0 Å². The zero-order valence-electron chi connectivity index (χ0n) is 13.3. The quantitative estimate of drug-likeness (QED) is 0.378. The second-order valence-corrected chi connectivity index (χ2v) is 10.5. The molecule has 0 atom stereocenters. The van der Waals surface area contributed by atoms with E-state index in [-0.39, 0.29) is 17.0 Å². The Labute approximate surface area is 128 Å². The molecular formula is C16H36BrP. The van der Waals surface area contributed by atoms with Gasteiger partial charge in [-0.15, -0.1) is 0 Å². The van der Waals surface area contributed by atoms with Crippen LogP contribution in [0.1, 0.15) is 79.1 Å². The predicted molar refractivity (Wildman–Crippen MR) is 86.0 cm³/mol. The topological polar surface area (TPSA) is 0 Å². The summed E-state index contributed by atoms with van der Waals surface area (Å²) < 4.78 is 0. The molecule has 0 rings (SSSR count). The second-order valence-electron chi connectivity index (χ2n) is 5.49. The normalized spacial score (nSPS) is 11.3. The molecule has 0 unspecified atom stereocenters. The number of hydrogen-bond donors (Lipinski definition) is 0. The van der Waals surface area contributed by atoms with Crippen molar-refractivity contribution in [3.05, 3.63) is 0 Å². The van der Waals surface area contributed by atoms with Gasteiger partial charge in [-0.05, 0) is 33.6 Å². The summed E-state index contributed by atoms with van der Waals surface area (Å²) in [7, 11) is -0.505. The lowest BCUT2D eigenvalue weighted by molar-refractivity contribution is -0.00000399. The summed E-state index contributed by atoms with van der Waals surface area (Å²) in [5.41, 5.74) is 0. The van der Waals surface area contributed by atoms with Crippen molar-refractivity contribution >= 4 is 7.26 Å². The number of unbranched alkanes of at least 4 members (excludes halogenated alkanes) is 7. The van der Waals surface area contributed by atoms with Crippen LogP contribution >= 0.6 is 7.26 Å². The van der Waals surface area contributed by atoms with Crippen LogP contribution in [0.5, 0.6) is 0 Å². The Hall–Kier alpha value is 0.910. The first-order valence-electron chi connectivity index (χ1n) is 8.09. The van der Waals surface area contributed by atoms with Crippen LogP contribution < -0.4 is 17.0 Å². The second kappa shape index (κ2) is 14.3. The molecule has 0 amide bonds. The molecule has 0 aliphatic carbocycles. The zero-order valence-corrected chi connectivity index (χ0v) is 15.8. The molecule has 0 aromatic heterocycles. The van der Waals surface area contributed by atoms with E-state index in [1.165, 1.54) is 69.9 Å². The Balaban J connectivity index is 0. The molecule has 2 heteroatoms. The summed E-state index contributed by atoms with van der Waals surface area (Å²) in [5.74, 6) is 0. The SMILES string of the molecule is CCCCCCCCCC[P+](CC)(CC)CC.[Br-]. The molecule has 0 nitrogen and oxygen atoms in total. The lowest BCUT2D eigenvalue weighted by atomic mass is 10.1. The van der Waals surface area contributed by atoms with Crippen molar-refractivity contribution in [3.63, 3.8) is 0 Å². The van der Waals surface area contributed by atoms with Gasteiger partial charge < -0.3 is 17.0 Å². The zero-order chi connectivity index (χ0) is 13.0. The highest BCUT2D eigenvalue weighted by atomic mass is 79.9. The Kier molecular flexibility index (Phi) is 16.9. The van der Waals surface area contributed by atoms with Crippen molar-refractivity contribution in [1.82, 2.24) is 0 Å². The van der Waals surface area contributed by atoms with Crippen LogP contribution in [0, 0.1) is 0 Å². The van der Waals surface area contributed by atoms with E-state index in [9.17, 15) is 0 Å². The third-order valence-corrected chi connectivity index (χ3v) is 9.79. The molecule has 0 saturated carbocycles. The highest BCUT2D eigenvalue weighted by molar-refractivity contribution is 7.75. The molecule has 0 bridgehead atoms. The van der Waals surface area contributed by atoms with Gasteiger partial charge in [-0.2, -0.15) is 0 Å². The van der Waals surface area contributed by atoms with Crippen molar-refractivity contribution in [3.8, 4) is 0 Å². The van der Waals surface area contributed by atoms with E-state index in [0.29, 0.717) is 0 Å². The van der Waals surface area contributed by atoms with Crippen molar-refractivity contribution in [2.75, 3.05) is 24.6 Å². The Morgan fingerprint density at radius 3 is 1.33 bits per heavy atom. The van der Waals surface area contributed by atoms with E-state index in [0.717, 1.165) is 0 Å². The molecule has 0 aromatic rings. The first-order valence-corrected chi connectivity index (χ1v) is 10.6. The fourth-order valence-corrected chi connectivity index (χ4v) is 5.91. The monoisotopic (exact) mass is 338 g/mol. The first kappa shape index (κ1) is 21.2. The standard InChI is InChI=1S/C16H36P.BrH/c1-5-9-10-11-12-13-14-15-16-17(6-2,7-3)8-4;/h5-16H2,1-4H3;1H/q+1;/p-1. The molecule has 0 aromatic carbocycles. The van der Waals surface area contributed by atoms with Gasteiger partial charge in [0.1, 0.15) is 0 Å². The van der Waals surface area contributed by atoms with Gasteiger partial charge in [0.15, 0.2) is 0 Å². The Morgan fingerprint density at radius 2 is 0.944 bits per heavy atom. The highest BCUT2D eigenvalue weighted by Crippen LogP contribution is 2.58. The summed E-state index contributed by atoms with van der Waals surface area (Å²) in [5, 5.41) is 0. The van der Waals surface area contributed by atoms with E-state index in [2.05, 4.69) is 27.7 Å². The molecule has 0 aliphatic rings. The minimum absolute atomic E-state index is 0. The van der Waals surface area contributed by atoms with Crippen molar-refractivity contribution in [2.45, 2.75) is 79.1 Å². The lowest BCUT2D eigenvalue weighted by Crippen LogP contribution is -3.00. The molecule has 0 fully saturated rings. The van der Waals surface area contributed by atoms with E-state index < -0.39 is 7.26 Å². The number of hydrogen-bond acceptors (Lipinski definition) is 0. The molecule has 18 heavy (non-hydrogen) atoms. The summed E-state index contributed by atoms with van der Waals surface area (Å²) in [6, 6.07) is 0. The minimum atomic E-state index is -0.505. The lowest BCUT2D eigenvalue weighted by Gasteiger charge is -2.23. The maximum atomic E-state index is 2.42. The van der Waals surface area contributed by atoms with Crippen molar-refractivity contribution < 1.29 is 17.0 Å². The maximum absolute atomic E-state index is 2.42. The Morgan fingerprint density at radius 1 is 0.556 bits per heavy atom. The summed E-state index contributed by atoms with van der Waals surface area (Å²) in [6.07, 6.45) is 17.7. The fourth-order valence-electron chi connectivity index (χ4n) is 2.73. The van der Waals surface area contributed by atoms with Gasteiger partial charge in [0.05, 0.1) is 24.6 Å². The molecule has 0 N–H and O–H groups in total. The third kappa shape index (κ3) is 9.79. The summed E-state index contributed by atoms with van der Waals surface area (Å²) in [6.45, 7) is 9.56. The van der Waals surface area contributed by atoms with E-state index >= 15 is 0 Å². The van der Waals surface area contributed by atoms with Gasteiger partial charge in [-0.3, -0.25) is 0 Å². The van der Waals surface area contributed by atoms with Gasteiger partial charge in [0.25, 0.3) is 0 Å². The summed E-state index contributed by atoms with van der Waals surface area (Å²) in [4.78, 5) is 0. The van der Waals surface area contributed by atoms with Crippen LogP contribution in [0.4, 0.5) is 0 Å². The molecule has 0 aliphatic heterocycles. The first-order chi connectivity index (χ1) is 8.24. The number of halogens is 1. The van der Waals surface area contributed by atoms with Crippen LogP contribution in [-0.2, 0) is 0 Å². The molecular weight excluding hydrogens is 303 g/mol. The van der Waals surface area contributed by atoms with E-state index in [1.54, 1.807) is 6.16 Å². The van der Waals surface area contributed by atoms with Crippen LogP contribution in [0.3, 0.4) is 0 Å². The molecule has 0 heterocycles. The van der Waals surface area contributed by atoms with Crippen LogP contribution in [-0.4, -0.2) is 24.6 Å². The third-order valence-electron chi connectivity index (χ3n) is 4.50. The van der Waals surface area contributed by atoms with Gasteiger partial charge in [0.2, 0.25) is 0 Å². The van der Waals surface area contributed by atoms with Gasteiger partial charge in [-0.25, -0.2) is 0 Å². The average Bonchev–Trinajstić information content (AvgIpc) is 2.38. The molecule has 0 spiro atoms. The van der Waals surface area contributed by atoms with Crippen LogP contribution in [0.25, 0.3) is 0 Å². The van der Waals surface area contributed by atoms with Crippen molar-refractivity contribution in [2.24, 2.45) is 0 Å². The molecule has 112 valence electrons. The fraction of sp³-hybridized carbons (Fsp3) is 1.00. The van der Waals surface area contributed by atoms with Gasteiger partial charge in [-0.1, -0.05) is 45.4 Å². The van der Waals surface area contributed by atoms with E-state index in [1.807, 2.05) is 0 Å². The molecule has 0 radical (unpaired) electrons.